The number of carbonyl (C=O) groups excluding carboxylic acids is 2. The first-order valence-corrected chi connectivity index (χ1v) is 12.0. The standard InChI is InChI=1S/C25H18ClN5O3S/c26-21-7-2-1-6-18(21)25(33)29-15-10-8-14-9-11-19-22(24(27)32)30-31(23(19)20(14)12-15)16-4-3-5-17(13-16)35(28)34/h1-13H,28H2,(H2,27,32)(H,29,33). The lowest BCUT2D eigenvalue weighted by atomic mass is 10.0. The molecule has 0 fully saturated rings. The first kappa shape index (κ1) is 22.7. The molecule has 0 spiro atoms. The summed E-state index contributed by atoms with van der Waals surface area (Å²) in [5.41, 5.74) is 7.73. The predicted octanol–water partition coefficient (Wildman–Crippen LogP) is 4.16. The number of primary amides is 1. The smallest absolute Gasteiger partial charge is 0.269 e. The molecule has 0 aliphatic rings. The van der Waals surface area contributed by atoms with E-state index in [2.05, 4.69) is 10.4 Å². The number of carbonyl (C=O) groups is 2. The summed E-state index contributed by atoms with van der Waals surface area (Å²) in [6.07, 6.45) is 0. The Morgan fingerprint density at radius 3 is 2.46 bits per heavy atom. The summed E-state index contributed by atoms with van der Waals surface area (Å²) in [6, 6.07) is 22.5. The van der Waals surface area contributed by atoms with Gasteiger partial charge in [-0.05, 0) is 53.9 Å². The minimum absolute atomic E-state index is 0.0895. The fraction of sp³-hybridized carbons (Fsp3) is 0. The van der Waals surface area contributed by atoms with Crippen LogP contribution >= 0.6 is 11.6 Å². The predicted molar refractivity (Wildman–Crippen MR) is 137 cm³/mol. The normalized spacial score (nSPS) is 12.1. The lowest BCUT2D eigenvalue weighted by molar-refractivity contribution is 0.0994. The minimum atomic E-state index is -1.70. The summed E-state index contributed by atoms with van der Waals surface area (Å²) in [5, 5.41) is 15.3. The van der Waals surface area contributed by atoms with Crippen LogP contribution in [0.25, 0.3) is 27.4 Å². The van der Waals surface area contributed by atoms with Gasteiger partial charge in [0.05, 0.1) is 26.7 Å². The highest BCUT2D eigenvalue weighted by Crippen LogP contribution is 2.32. The first-order valence-electron chi connectivity index (χ1n) is 10.4. The molecule has 35 heavy (non-hydrogen) atoms. The molecule has 1 unspecified atom stereocenters. The number of nitrogens with two attached hydrogens (primary N) is 2. The summed E-state index contributed by atoms with van der Waals surface area (Å²) in [4.78, 5) is 25.4. The Morgan fingerprint density at radius 2 is 1.71 bits per heavy atom. The van der Waals surface area contributed by atoms with E-state index in [4.69, 9.17) is 22.5 Å². The molecule has 5 N–H and O–H groups in total. The monoisotopic (exact) mass is 503 g/mol. The molecule has 174 valence electrons. The van der Waals surface area contributed by atoms with E-state index in [-0.39, 0.29) is 11.6 Å². The van der Waals surface area contributed by atoms with Crippen molar-refractivity contribution in [3.8, 4) is 5.69 Å². The van der Waals surface area contributed by atoms with Crippen LogP contribution in [0.2, 0.25) is 5.02 Å². The lowest BCUT2D eigenvalue weighted by Crippen LogP contribution is -2.12. The highest BCUT2D eigenvalue weighted by Gasteiger charge is 2.19. The zero-order valence-electron chi connectivity index (χ0n) is 18.1. The Hall–Kier alpha value is -4.05. The summed E-state index contributed by atoms with van der Waals surface area (Å²) in [5.74, 6) is -1.04. The van der Waals surface area contributed by atoms with Gasteiger partial charge in [0.15, 0.2) is 5.69 Å². The van der Waals surface area contributed by atoms with Crippen LogP contribution in [-0.2, 0) is 11.0 Å². The van der Waals surface area contributed by atoms with Crippen LogP contribution in [0.15, 0.2) is 83.8 Å². The van der Waals surface area contributed by atoms with E-state index in [0.29, 0.717) is 37.8 Å². The van der Waals surface area contributed by atoms with Crippen LogP contribution in [0.1, 0.15) is 20.8 Å². The number of amides is 2. The van der Waals surface area contributed by atoms with E-state index in [1.54, 1.807) is 71.4 Å². The Morgan fingerprint density at radius 1 is 0.943 bits per heavy atom. The summed E-state index contributed by atoms with van der Waals surface area (Å²) >= 11 is 6.17. The van der Waals surface area contributed by atoms with Gasteiger partial charge in [0.2, 0.25) is 0 Å². The summed E-state index contributed by atoms with van der Waals surface area (Å²) < 4.78 is 13.4. The van der Waals surface area contributed by atoms with E-state index in [1.807, 2.05) is 12.1 Å². The van der Waals surface area contributed by atoms with Gasteiger partial charge in [0.25, 0.3) is 11.8 Å². The van der Waals surface area contributed by atoms with E-state index < -0.39 is 16.9 Å². The molecule has 1 aromatic heterocycles. The molecule has 1 atom stereocenters. The van der Waals surface area contributed by atoms with Crippen molar-refractivity contribution in [1.29, 1.82) is 0 Å². The molecule has 0 aliphatic carbocycles. The Bertz CT molecular complexity index is 1680. The second-order valence-electron chi connectivity index (χ2n) is 7.75. The number of benzene rings is 4. The second kappa shape index (κ2) is 8.95. The molecule has 0 saturated carbocycles. The fourth-order valence-corrected chi connectivity index (χ4v) is 4.63. The number of hydrogen-bond acceptors (Lipinski definition) is 4. The zero-order chi connectivity index (χ0) is 24.7. The number of fused-ring (bicyclic) bond motifs is 3. The van der Waals surface area contributed by atoms with Crippen molar-refractivity contribution in [1.82, 2.24) is 9.78 Å². The summed E-state index contributed by atoms with van der Waals surface area (Å²) in [7, 11) is -1.70. The van der Waals surface area contributed by atoms with Gasteiger partial charge in [-0.2, -0.15) is 5.10 Å². The molecule has 0 radical (unpaired) electrons. The molecule has 8 nitrogen and oxygen atoms in total. The maximum atomic E-state index is 12.8. The highest BCUT2D eigenvalue weighted by molar-refractivity contribution is 7.82. The fourth-order valence-electron chi connectivity index (χ4n) is 3.96. The molecule has 0 bridgehead atoms. The first-order chi connectivity index (χ1) is 16.8. The number of halogens is 1. The van der Waals surface area contributed by atoms with Gasteiger partial charge in [0, 0.05) is 16.5 Å². The molecule has 5 rings (SSSR count). The third-order valence-corrected chi connectivity index (χ3v) is 6.61. The summed E-state index contributed by atoms with van der Waals surface area (Å²) in [6.45, 7) is 0. The molecular formula is C25H18ClN5O3S. The molecule has 1 heterocycles. The van der Waals surface area contributed by atoms with Gasteiger partial charge in [-0.1, -0.05) is 41.9 Å². The van der Waals surface area contributed by atoms with Crippen molar-refractivity contribution in [3.63, 3.8) is 0 Å². The largest absolute Gasteiger partial charge is 0.364 e. The Balaban J connectivity index is 1.71. The highest BCUT2D eigenvalue weighted by atomic mass is 35.5. The van der Waals surface area contributed by atoms with Crippen molar-refractivity contribution < 1.29 is 13.8 Å². The average Bonchev–Trinajstić information content (AvgIpc) is 3.25. The van der Waals surface area contributed by atoms with E-state index in [1.165, 1.54) is 0 Å². The van der Waals surface area contributed by atoms with Crippen molar-refractivity contribution >= 4 is 61.8 Å². The number of nitrogens with zero attached hydrogens (tertiary/aromatic N) is 2. The molecule has 10 heteroatoms. The van der Waals surface area contributed by atoms with Crippen LogP contribution in [0, 0.1) is 0 Å². The van der Waals surface area contributed by atoms with Crippen molar-refractivity contribution in [2.75, 3.05) is 5.32 Å². The minimum Gasteiger partial charge on any atom is -0.364 e. The van der Waals surface area contributed by atoms with Gasteiger partial charge in [-0.3, -0.25) is 9.59 Å². The maximum Gasteiger partial charge on any atom is 0.269 e. The lowest BCUT2D eigenvalue weighted by Gasteiger charge is -2.10. The van der Waals surface area contributed by atoms with Crippen molar-refractivity contribution in [2.24, 2.45) is 10.9 Å². The third kappa shape index (κ3) is 4.17. The van der Waals surface area contributed by atoms with Crippen molar-refractivity contribution in [2.45, 2.75) is 4.90 Å². The third-order valence-electron chi connectivity index (χ3n) is 5.56. The van der Waals surface area contributed by atoms with Crippen LogP contribution in [0.3, 0.4) is 0 Å². The van der Waals surface area contributed by atoms with Gasteiger partial charge in [-0.25, -0.2) is 14.0 Å². The van der Waals surface area contributed by atoms with Crippen LogP contribution < -0.4 is 16.2 Å². The van der Waals surface area contributed by atoms with Gasteiger partial charge in [0.1, 0.15) is 11.0 Å². The second-order valence-corrected chi connectivity index (χ2v) is 9.22. The van der Waals surface area contributed by atoms with E-state index in [9.17, 15) is 13.8 Å². The number of nitrogens with one attached hydrogen (secondary N) is 1. The average molecular weight is 504 g/mol. The number of anilines is 1. The van der Waals surface area contributed by atoms with Crippen LogP contribution in [0.4, 0.5) is 5.69 Å². The van der Waals surface area contributed by atoms with Crippen LogP contribution in [-0.4, -0.2) is 25.8 Å². The number of rotatable bonds is 5. The SMILES string of the molecule is NC(=O)c1nn(-c2cccc(S(N)=O)c2)c2c1ccc1ccc(NC(=O)c3ccccc3Cl)cc12. The number of hydrogen-bond donors (Lipinski definition) is 3. The Labute approximate surface area is 207 Å². The maximum absolute atomic E-state index is 12.8. The van der Waals surface area contributed by atoms with Gasteiger partial charge >= 0.3 is 0 Å². The number of aromatic nitrogens is 2. The van der Waals surface area contributed by atoms with E-state index in [0.717, 1.165) is 10.8 Å². The van der Waals surface area contributed by atoms with Crippen LogP contribution in [0.5, 0.6) is 0 Å². The molecule has 4 aromatic carbocycles. The molecule has 5 aromatic rings. The van der Waals surface area contributed by atoms with E-state index >= 15 is 0 Å². The molecular weight excluding hydrogens is 486 g/mol. The quantitative estimate of drug-likeness (QED) is 0.332. The van der Waals surface area contributed by atoms with Crippen molar-refractivity contribution in [3.05, 3.63) is 95.1 Å². The zero-order valence-corrected chi connectivity index (χ0v) is 19.6. The topological polar surface area (TPSA) is 133 Å². The molecule has 0 aliphatic heterocycles. The van der Waals surface area contributed by atoms with Gasteiger partial charge in [-0.15, -0.1) is 0 Å². The molecule has 0 saturated heterocycles. The Kier molecular flexibility index (Phi) is 5.81. The van der Waals surface area contributed by atoms with Gasteiger partial charge < -0.3 is 11.1 Å². The molecule has 2 amide bonds.